The van der Waals surface area contributed by atoms with Crippen LogP contribution in [0.1, 0.15) is 50.2 Å². The van der Waals surface area contributed by atoms with Crippen LogP contribution in [0, 0.1) is 5.92 Å². The zero-order chi connectivity index (χ0) is 19.7. The quantitative estimate of drug-likeness (QED) is 0.584. The Kier molecular flexibility index (Phi) is 5.31. The van der Waals surface area contributed by atoms with Crippen LogP contribution in [0.4, 0.5) is 5.82 Å². The Morgan fingerprint density at radius 3 is 2.85 bits per heavy atom. The molecule has 0 spiro atoms. The van der Waals surface area contributed by atoms with E-state index >= 15 is 0 Å². The Bertz CT molecular complexity index is 1020. The van der Waals surface area contributed by atoms with Gasteiger partial charge in [-0.15, -0.1) is 11.3 Å². The molecule has 9 heteroatoms. The summed E-state index contributed by atoms with van der Waals surface area (Å²) < 4.78 is 6.03. The first-order valence-electron chi connectivity index (χ1n) is 8.72. The molecule has 0 aliphatic heterocycles. The maximum atomic E-state index is 12.3. The monoisotopic (exact) mass is 391 g/mol. The molecule has 0 saturated carbocycles. The number of hydrogen-bond donors (Lipinski definition) is 2. The fourth-order valence-corrected chi connectivity index (χ4v) is 4.33. The molecule has 8 nitrogen and oxygen atoms in total. The average Bonchev–Trinajstić information content (AvgIpc) is 3.07. The summed E-state index contributed by atoms with van der Waals surface area (Å²) in [5.41, 5.74) is 4.85. The normalized spacial score (nSPS) is 16.0. The molecule has 0 saturated heterocycles. The molecule has 1 atom stereocenters. The molecule has 0 amide bonds. The molecule has 2 aromatic rings. The molecule has 1 aliphatic carbocycles. The van der Waals surface area contributed by atoms with E-state index in [-0.39, 0.29) is 11.4 Å². The van der Waals surface area contributed by atoms with Crippen LogP contribution < -0.4 is 17.0 Å². The van der Waals surface area contributed by atoms with Gasteiger partial charge in [0.25, 0.3) is 5.56 Å². The van der Waals surface area contributed by atoms with Crippen LogP contribution in [-0.2, 0) is 24.6 Å². The highest BCUT2D eigenvalue weighted by molar-refractivity contribution is 7.14. The summed E-state index contributed by atoms with van der Waals surface area (Å²) in [7, 11) is 1.33. The first-order valence-corrected chi connectivity index (χ1v) is 9.54. The number of nitrogens with one attached hydrogen (secondary N) is 1. The minimum atomic E-state index is -0.895. The van der Waals surface area contributed by atoms with Gasteiger partial charge in [-0.2, -0.15) is 0 Å². The number of esters is 1. The van der Waals surface area contributed by atoms with Gasteiger partial charge in [-0.1, -0.05) is 13.3 Å². The van der Waals surface area contributed by atoms with Crippen LogP contribution in [-0.4, -0.2) is 27.9 Å². The van der Waals surface area contributed by atoms with Gasteiger partial charge in [0.05, 0.1) is 0 Å². The van der Waals surface area contributed by atoms with Gasteiger partial charge >= 0.3 is 11.7 Å². The lowest BCUT2D eigenvalue weighted by Crippen LogP contribution is -2.35. The molecular weight excluding hydrogens is 370 g/mol. The summed E-state index contributed by atoms with van der Waals surface area (Å²) in [6, 6.07) is 1.84. The molecule has 3 N–H and O–H groups in total. The van der Waals surface area contributed by atoms with E-state index in [0.29, 0.717) is 10.8 Å². The lowest BCUT2D eigenvalue weighted by atomic mass is 9.87. The smallest absolute Gasteiger partial charge is 0.348 e. The molecule has 2 heterocycles. The van der Waals surface area contributed by atoms with Crippen LogP contribution in [0.2, 0.25) is 0 Å². The van der Waals surface area contributed by atoms with Gasteiger partial charge in [-0.3, -0.25) is 19.1 Å². The van der Waals surface area contributed by atoms with Gasteiger partial charge in [0.1, 0.15) is 16.3 Å². The number of H-pyrrole nitrogens is 1. The third-order valence-corrected chi connectivity index (χ3v) is 6.16. The summed E-state index contributed by atoms with van der Waals surface area (Å²) in [4.78, 5) is 51.5. The minimum Gasteiger partial charge on any atom is -0.453 e. The van der Waals surface area contributed by atoms with Gasteiger partial charge in [0, 0.05) is 11.9 Å². The molecular formula is C18H21N3O5S. The number of ketones is 1. The third kappa shape index (κ3) is 3.73. The van der Waals surface area contributed by atoms with Crippen molar-refractivity contribution in [1.82, 2.24) is 9.55 Å². The Labute approximate surface area is 159 Å². The van der Waals surface area contributed by atoms with E-state index in [2.05, 4.69) is 6.92 Å². The second kappa shape index (κ2) is 7.51. The topological polar surface area (TPSA) is 124 Å². The van der Waals surface area contributed by atoms with Crippen molar-refractivity contribution < 1.29 is 14.3 Å². The second-order valence-corrected chi connectivity index (χ2v) is 7.79. The molecule has 0 bridgehead atoms. The highest BCUT2D eigenvalue weighted by Crippen LogP contribution is 2.33. The summed E-state index contributed by atoms with van der Waals surface area (Å²) in [6.07, 6.45) is 4.14. The third-order valence-electron chi connectivity index (χ3n) is 4.95. The Morgan fingerprint density at radius 1 is 1.41 bits per heavy atom. The van der Waals surface area contributed by atoms with E-state index in [1.807, 2.05) is 11.1 Å². The number of ether oxygens (including phenoxy) is 1. The molecule has 2 aromatic heterocycles. The number of nitrogen functional groups attached to an aromatic ring is 1. The molecule has 0 radical (unpaired) electrons. The van der Waals surface area contributed by atoms with Crippen molar-refractivity contribution in [3.8, 4) is 0 Å². The number of fused-ring (bicyclic) bond motifs is 1. The number of aromatic amines is 1. The number of aryl methyl sites for hydroxylation is 1. The van der Waals surface area contributed by atoms with Crippen molar-refractivity contribution >= 4 is 28.9 Å². The van der Waals surface area contributed by atoms with Crippen molar-refractivity contribution in [3.63, 3.8) is 0 Å². The number of rotatable bonds is 5. The van der Waals surface area contributed by atoms with Crippen molar-refractivity contribution in [2.24, 2.45) is 13.0 Å². The number of hydrogen-bond acceptors (Lipinski definition) is 7. The number of aromatic nitrogens is 2. The first kappa shape index (κ1) is 19.1. The summed E-state index contributed by atoms with van der Waals surface area (Å²) in [5.74, 6) is -0.986. The van der Waals surface area contributed by atoms with E-state index in [4.69, 9.17) is 10.5 Å². The molecule has 27 heavy (non-hydrogen) atoms. The number of carbonyl (C=O) groups excluding carboxylic acids is 2. The lowest BCUT2D eigenvalue weighted by molar-refractivity contribution is 0.0479. The van der Waals surface area contributed by atoms with Crippen molar-refractivity contribution in [3.05, 3.63) is 47.8 Å². The van der Waals surface area contributed by atoms with Gasteiger partial charge < -0.3 is 10.5 Å². The standard InChI is InChI=1S/C18H21N3O5S/c1-3-9-4-5-12-10(6-9)7-13(27-12)17(24)26-8-11(22)14-15(19)21(2)18(25)20-16(14)23/h7,9H,3-6,8,19H2,1-2H3,(H,20,23,25)/t9-/m0/s1. The highest BCUT2D eigenvalue weighted by atomic mass is 32.1. The SMILES string of the molecule is CC[C@H]1CCc2sc(C(=O)OCC(=O)c3c(N)n(C)c(=O)[nH]c3=O)cc2C1. The van der Waals surface area contributed by atoms with Crippen LogP contribution in [0.3, 0.4) is 0 Å². The van der Waals surface area contributed by atoms with Crippen molar-refractivity contribution in [2.45, 2.75) is 32.6 Å². The second-order valence-electron chi connectivity index (χ2n) is 6.65. The maximum Gasteiger partial charge on any atom is 0.348 e. The Hall–Kier alpha value is -2.68. The first-order chi connectivity index (χ1) is 12.8. The van der Waals surface area contributed by atoms with Gasteiger partial charge in [0.2, 0.25) is 5.78 Å². The van der Waals surface area contributed by atoms with Crippen molar-refractivity contribution in [2.75, 3.05) is 12.3 Å². The predicted molar refractivity (Wildman–Crippen MR) is 101 cm³/mol. The number of nitrogens with two attached hydrogens (primary N) is 1. The zero-order valence-corrected chi connectivity index (χ0v) is 16.0. The molecule has 144 valence electrons. The Morgan fingerprint density at radius 2 is 2.15 bits per heavy atom. The molecule has 0 fully saturated rings. The Balaban J connectivity index is 1.71. The van der Waals surface area contributed by atoms with Crippen LogP contribution in [0.5, 0.6) is 0 Å². The fourth-order valence-electron chi connectivity index (χ4n) is 3.23. The van der Waals surface area contributed by atoms with Gasteiger partial charge in [-0.05, 0) is 36.8 Å². The van der Waals surface area contributed by atoms with Gasteiger partial charge in [-0.25, -0.2) is 9.59 Å². The maximum absolute atomic E-state index is 12.3. The predicted octanol–water partition coefficient (Wildman–Crippen LogP) is 1.27. The van der Waals surface area contributed by atoms with E-state index in [1.54, 1.807) is 0 Å². The van der Waals surface area contributed by atoms with Crippen LogP contribution >= 0.6 is 11.3 Å². The number of Topliss-reactive ketones (excluding diaryl/α,β-unsaturated/α-hetero) is 1. The fraction of sp³-hybridized carbons (Fsp3) is 0.444. The molecule has 0 aromatic carbocycles. The minimum absolute atomic E-state index is 0.262. The lowest BCUT2D eigenvalue weighted by Gasteiger charge is -2.19. The van der Waals surface area contributed by atoms with E-state index in [0.717, 1.165) is 30.3 Å². The van der Waals surface area contributed by atoms with Gasteiger partial charge in [0.15, 0.2) is 6.61 Å². The number of nitrogens with zero attached hydrogens (tertiary/aromatic N) is 1. The number of thiophene rings is 1. The van der Waals surface area contributed by atoms with E-state index in [1.165, 1.54) is 28.8 Å². The van der Waals surface area contributed by atoms with Crippen LogP contribution in [0.25, 0.3) is 0 Å². The summed E-state index contributed by atoms with van der Waals surface area (Å²) in [5, 5.41) is 0. The zero-order valence-electron chi connectivity index (χ0n) is 15.2. The summed E-state index contributed by atoms with van der Waals surface area (Å²) >= 11 is 1.39. The average molecular weight is 391 g/mol. The number of anilines is 1. The molecule has 0 unspecified atom stereocenters. The number of carbonyl (C=O) groups is 2. The molecule has 3 rings (SSSR count). The molecule has 1 aliphatic rings. The highest BCUT2D eigenvalue weighted by Gasteiger charge is 2.24. The van der Waals surface area contributed by atoms with Crippen LogP contribution in [0.15, 0.2) is 15.7 Å². The van der Waals surface area contributed by atoms with E-state index in [9.17, 15) is 19.2 Å². The largest absolute Gasteiger partial charge is 0.453 e. The summed E-state index contributed by atoms with van der Waals surface area (Å²) in [6.45, 7) is 1.54. The van der Waals surface area contributed by atoms with E-state index < -0.39 is 29.6 Å². The van der Waals surface area contributed by atoms with Crippen molar-refractivity contribution in [1.29, 1.82) is 0 Å².